The topological polar surface area (TPSA) is 44.8 Å². The fraction of sp³-hybridized carbons (Fsp3) is 0.923. The van der Waals surface area contributed by atoms with Gasteiger partial charge in [-0.2, -0.15) is 0 Å². The van der Waals surface area contributed by atoms with Gasteiger partial charge in [0.1, 0.15) is 6.17 Å². The number of esters is 1. The van der Waals surface area contributed by atoms with Crippen LogP contribution in [0, 0.1) is 5.92 Å². The average Bonchev–Trinajstić information content (AvgIpc) is 2.41. The summed E-state index contributed by atoms with van der Waals surface area (Å²) < 4.78 is 29.7. The Morgan fingerprint density at radius 2 is 2.11 bits per heavy atom. The van der Waals surface area contributed by atoms with Gasteiger partial charge in [-0.1, -0.05) is 0 Å². The number of alkyl halides is 1. The van der Waals surface area contributed by atoms with E-state index in [1.165, 1.54) is 7.11 Å². The van der Waals surface area contributed by atoms with Crippen molar-refractivity contribution in [3.63, 3.8) is 0 Å². The zero-order valence-corrected chi connectivity index (χ0v) is 10.8. The summed E-state index contributed by atoms with van der Waals surface area (Å²) >= 11 is 0. The van der Waals surface area contributed by atoms with Crippen molar-refractivity contribution in [2.45, 2.75) is 57.1 Å². The van der Waals surface area contributed by atoms with Crippen LogP contribution >= 0.6 is 0 Å². The first-order valence-electron chi connectivity index (χ1n) is 6.69. The van der Waals surface area contributed by atoms with Crippen LogP contribution < -0.4 is 0 Å². The van der Waals surface area contributed by atoms with Crippen molar-refractivity contribution >= 4 is 5.97 Å². The maximum absolute atomic E-state index is 14.0. The summed E-state index contributed by atoms with van der Waals surface area (Å²) in [4.78, 5) is 11.4. The van der Waals surface area contributed by atoms with E-state index < -0.39 is 12.3 Å². The lowest BCUT2D eigenvalue weighted by Crippen LogP contribution is -2.39. The van der Waals surface area contributed by atoms with E-state index >= 15 is 0 Å². The van der Waals surface area contributed by atoms with Gasteiger partial charge < -0.3 is 14.2 Å². The van der Waals surface area contributed by atoms with E-state index in [2.05, 4.69) is 4.74 Å². The number of methoxy groups -OCH3 is 1. The summed E-state index contributed by atoms with van der Waals surface area (Å²) in [5.41, 5.74) is 0. The molecule has 0 N–H and O–H groups in total. The molecule has 104 valence electrons. The third kappa shape index (κ3) is 3.42. The Morgan fingerprint density at radius 3 is 2.72 bits per heavy atom. The Hall–Kier alpha value is -0.680. The lowest BCUT2D eigenvalue weighted by molar-refractivity contribution is -0.208. The van der Waals surface area contributed by atoms with Crippen molar-refractivity contribution in [3.8, 4) is 0 Å². The minimum Gasteiger partial charge on any atom is -0.469 e. The molecule has 0 amide bonds. The maximum atomic E-state index is 14.0. The number of carbonyl (C=O) groups is 1. The van der Waals surface area contributed by atoms with Crippen LogP contribution in [-0.4, -0.2) is 38.3 Å². The first-order valence-corrected chi connectivity index (χ1v) is 6.69. The van der Waals surface area contributed by atoms with Gasteiger partial charge in [0.25, 0.3) is 0 Å². The highest BCUT2D eigenvalue weighted by Gasteiger charge is 2.36. The Balaban J connectivity index is 1.79. The van der Waals surface area contributed by atoms with Crippen LogP contribution in [0.4, 0.5) is 4.39 Å². The summed E-state index contributed by atoms with van der Waals surface area (Å²) in [5.74, 6) is -0.637. The number of ether oxygens (including phenoxy) is 3. The monoisotopic (exact) mass is 260 g/mol. The van der Waals surface area contributed by atoms with Crippen molar-refractivity contribution in [2.24, 2.45) is 5.92 Å². The number of carbonyl (C=O) groups excluding carboxylic acids is 1. The molecule has 0 aromatic carbocycles. The van der Waals surface area contributed by atoms with Crippen LogP contribution in [0.25, 0.3) is 0 Å². The summed E-state index contributed by atoms with van der Waals surface area (Å²) in [6.45, 7) is 0.694. The molecule has 0 aromatic rings. The smallest absolute Gasteiger partial charge is 0.308 e. The van der Waals surface area contributed by atoms with E-state index in [4.69, 9.17) is 9.47 Å². The highest BCUT2D eigenvalue weighted by Crippen LogP contribution is 2.31. The molecule has 0 bridgehead atoms. The number of hydrogen-bond donors (Lipinski definition) is 0. The fourth-order valence-electron chi connectivity index (χ4n) is 2.64. The Bertz CT molecular complexity index is 278. The number of hydrogen-bond acceptors (Lipinski definition) is 4. The van der Waals surface area contributed by atoms with Crippen LogP contribution in [0.1, 0.15) is 38.5 Å². The number of rotatable bonds is 3. The van der Waals surface area contributed by atoms with Gasteiger partial charge >= 0.3 is 5.97 Å². The van der Waals surface area contributed by atoms with Crippen LogP contribution in [-0.2, 0) is 19.0 Å². The second-order valence-electron chi connectivity index (χ2n) is 5.02. The lowest BCUT2D eigenvalue weighted by Gasteiger charge is -2.34. The SMILES string of the molecule is COC(=O)C1CCC(OC2CCCCO2)C(F)C1. The molecule has 1 heterocycles. The van der Waals surface area contributed by atoms with Gasteiger partial charge in [0.2, 0.25) is 0 Å². The van der Waals surface area contributed by atoms with Crippen molar-refractivity contribution in [2.75, 3.05) is 13.7 Å². The molecular weight excluding hydrogens is 239 g/mol. The predicted octanol–water partition coefficient (Wildman–Crippen LogP) is 2.21. The molecule has 5 heteroatoms. The normalized spacial score (nSPS) is 37.2. The minimum atomic E-state index is -1.10. The van der Waals surface area contributed by atoms with Gasteiger partial charge in [0.05, 0.1) is 19.1 Å². The molecule has 18 heavy (non-hydrogen) atoms. The molecule has 0 radical (unpaired) electrons. The molecule has 2 fully saturated rings. The van der Waals surface area contributed by atoms with E-state index in [-0.39, 0.29) is 24.6 Å². The third-order valence-electron chi connectivity index (χ3n) is 3.71. The lowest BCUT2D eigenvalue weighted by atomic mass is 9.86. The van der Waals surface area contributed by atoms with Gasteiger partial charge in [0.15, 0.2) is 6.29 Å². The minimum absolute atomic E-state index is 0.198. The quantitative estimate of drug-likeness (QED) is 0.730. The second-order valence-corrected chi connectivity index (χ2v) is 5.02. The molecular formula is C13H21FO4. The second kappa shape index (κ2) is 6.48. The van der Waals surface area contributed by atoms with Crippen molar-refractivity contribution in [1.82, 2.24) is 0 Å². The molecule has 0 spiro atoms. The average molecular weight is 260 g/mol. The van der Waals surface area contributed by atoms with Crippen LogP contribution in [0.15, 0.2) is 0 Å². The molecule has 1 aliphatic heterocycles. The van der Waals surface area contributed by atoms with E-state index in [1.54, 1.807) is 0 Å². The largest absolute Gasteiger partial charge is 0.469 e. The van der Waals surface area contributed by atoms with E-state index in [0.29, 0.717) is 19.4 Å². The van der Waals surface area contributed by atoms with Gasteiger partial charge in [-0.15, -0.1) is 0 Å². The number of halogens is 1. The van der Waals surface area contributed by atoms with Gasteiger partial charge in [-0.25, -0.2) is 4.39 Å². The molecule has 4 atom stereocenters. The molecule has 4 nitrogen and oxygen atoms in total. The predicted molar refractivity (Wildman–Crippen MR) is 62.7 cm³/mol. The van der Waals surface area contributed by atoms with E-state index in [0.717, 1.165) is 19.3 Å². The summed E-state index contributed by atoms with van der Waals surface area (Å²) in [7, 11) is 1.34. The third-order valence-corrected chi connectivity index (χ3v) is 3.71. The zero-order chi connectivity index (χ0) is 13.0. The maximum Gasteiger partial charge on any atom is 0.308 e. The van der Waals surface area contributed by atoms with E-state index in [1.807, 2.05) is 0 Å². The zero-order valence-electron chi connectivity index (χ0n) is 10.8. The van der Waals surface area contributed by atoms with Crippen molar-refractivity contribution in [1.29, 1.82) is 0 Å². The van der Waals surface area contributed by atoms with Crippen molar-refractivity contribution < 1.29 is 23.4 Å². The van der Waals surface area contributed by atoms with Gasteiger partial charge in [0, 0.05) is 6.61 Å². The van der Waals surface area contributed by atoms with Crippen LogP contribution in [0.2, 0.25) is 0 Å². The summed E-state index contributed by atoms with van der Waals surface area (Å²) in [6, 6.07) is 0. The molecule has 0 aromatic heterocycles. The van der Waals surface area contributed by atoms with Gasteiger partial charge in [-0.3, -0.25) is 4.79 Å². The molecule has 2 rings (SSSR count). The molecule has 2 aliphatic rings. The first-order chi connectivity index (χ1) is 8.70. The van der Waals surface area contributed by atoms with Gasteiger partial charge in [-0.05, 0) is 38.5 Å². The molecule has 1 saturated carbocycles. The summed E-state index contributed by atoms with van der Waals surface area (Å²) in [5, 5.41) is 0. The summed E-state index contributed by atoms with van der Waals surface area (Å²) in [6.07, 6.45) is 2.53. The Morgan fingerprint density at radius 1 is 1.28 bits per heavy atom. The molecule has 1 aliphatic carbocycles. The first kappa shape index (κ1) is 13.7. The highest BCUT2D eigenvalue weighted by molar-refractivity contribution is 5.72. The van der Waals surface area contributed by atoms with Crippen molar-refractivity contribution in [3.05, 3.63) is 0 Å². The molecule has 4 unspecified atom stereocenters. The van der Waals surface area contributed by atoms with Crippen LogP contribution in [0.3, 0.4) is 0 Å². The highest BCUT2D eigenvalue weighted by atomic mass is 19.1. The Labute approximate surface area is 107 Å². The Kier molecular flexibility index (Phi) is 4.95. The standard InChI is InChI=1S/C13H21FO4/c1-16-13(15)9-5-6-11(10(14)8-9)18-12-4-2-3-7-17-12/h9-12H,2-8H2,1H3. The molecule has 1 saturated heterocycles. The van der Waals surface area contributed by atoms with E-state index in [9.17, 15) is 9.18 Å². The van der Waals surface area contributed by atoms with Crippen LogP contribution in [0.5, 0.6) is 0 Å². The fourth-order valence-corrected chi connectivity index (χ4v) is 2.64.